The van der Waals surface area contributed by atoms with E-state index in [1.165, 1.54) is 0 Å². The van der Waals surface area contributed by atoms with Gasteiger partial charge in [-0.25, -0.2) is 13.4 Å². The van der Waals surface area contributed by atoms with Gasteiger partial charge in [0.25, 0.3) is 9.05 Å². The molecule has 0 unspecified atom stereocenters. The first-order valence-corrected chi connectivity index (χ1v) is 7.09. The number of rotatable bonds is 3. The van der Waals surface area contributed by atoms with Crippen molar-refractivity contribution < 1.29 is 31.1 Å². The Balaban J connectivity index is 3.45. The van der Waals surface area contributed by atoms with Crippen LogP contribution in [0.3, 0.4) is 0 Å². The van der Waals surface area contributed by atoms with Crippen LogP contribution >= 0.6 is 26.6 Å². The van der Waals surface area contributed by atoms with Crippen molar-refractivity contribution in [1.29, 1.82) is 0 Å². The monoisotopic (exact) mass is 369 g/mol. The summed E-state index contributed by atoms with van der Waals surface area (Å²) in [5, 5.41) is 0. The van der Waals surface area contributed by atoms with Crippen LogP contribution in [0.25, 0.3) is 0 Å². The molecule has 0 aliphatic heterocycles. The van der Waals surface area contributed by atoms with Gasteiger partial charge in [-0.1, -0.05) is 0 Å². The molecule has 1 aromatic rings. The highest BCUT2D eigenvalue weighted by Gasteiger charge is 2.34. The maximum Gasteiger partial charge on any atom is 0.573 e. The smallest absolute Gasteiger partial charge is 0.480 e. The van der Waals surface area contributed by atoms with E-state index in [-0.39, 0.29) is 0 Å². The van der Waals surface area contributed by atoms with Crippen molar-refractivity contribution in [3.8, 4) is 11.6 Å². The van der Waals surface area contributed by atoms with Crippen LogP contribution in [0.2, 0.25) is 0 Å². The van der Waals surface area contributed by atoms with E-state index in [4.69, 9.17) is 10.7 Å². The quantitative estimate of drug-likeness (QED) is 0.766. The summed E-state index contributed by atoms with van der Waals surface area (Å²) in [6, 6.07) is 0. The van der Waals surface area contributed by atoms with E-state index in [1.807, 2.05) is 0 Å². The van der Waals surface area contributed by atoms with Gasteiger partial charge in [-0.3, -0.25) is 0 Å². The van der Waals surface area contributed by atoms with E-state index < -0.39 is 36.4 Å². The second-order valence-corrected chi connectivity index (χ2v) is 6.06. The number of alkyl halides is 3. The summed E-state index contributed by atoms with van der Waals surface area (Å²) in [4.78, 5) is 2.63. The largest absolute Gasteiger partial charge is 0.573 e. The lowest BCUT2D eigenvalue weighted by atomic mass is 10.4. The van der Waals surface area contributed by atoms with E-state index in [9.17, 15) is 21.6 Å². The second kappa shape index (κ2) is 5.10. The van der Waals surface area contributed by atoms with Gasteiger partial charge in [-0.05, 0) is 15.9 Å². The highest BCUT2D eigenvalue weighted by Crippen LogP contribution is 2.40. The van der Waals surface area contributed by atoms with Crippen molar-refractivity contribution in [3.63, 3.8) is 0 Å². The molecular formula is C7H4BrClF3NO4S. The Morgan fingerprint density at radius 3 is 2.39 bits per heavy atom. The first-order chi connectivity index (χ1) is 8.06. The topological polar surface area (TPSA) is 65.5 Å². The van der Waals surface area contributed by atoms with Crippen LogP contribution < -0.4 is 9.47 Å². The molecule has 0 amide bonds. The summed E-state index contributed by atoms with van der Waals surface area (Å²) in [6.07, 6.45) is -4.34. The minimum absolute atomic E-state index is 0.452. The van der Waals surface area contributed by atoms with Gasteiger partial charge in [0.2, 0.25) is 5.88 Å². The van der Waals surface area contributed by atoms with Gasteiger partial charge in [-0.2, -0.15) is 0 Å². The van der Waals surface area contributed by atoms with Gasteiger partial charge < -0.3 is 9.47 Å². The van der Waals surface area contributed by atoms with Gasteiger partial charge in [0, 0.05) is 10.7 Å². The number of hydrogen-bond acceptors (Lipinski definition) is 5. The predicted molar refractivity (Wildman–Crippen MR) is 58.2 cm³/mol. The number of halogens is 5. The molecule has 0 aromatic carbocycles. The molecule has 0 saturated heterocycles. The summed E-state index contributed by atoms with van der Waals surface area (Å²) >= 11 is 2.65. The van der Waals surface area contributed by atoms with Gasteiger partial charge in [0.05, 0.1) is 17.8 Å². The number of hydrogen-bond donors (Lipinski definition) is 0. The zero-order valence-corrected chi connectivity index (χ0v) is 11.6. The van der Waals surface area contributed by atoms with Crippen molar-refractivity contribution in [2.45, 2.75) is 11.3 Å². The third kappa shape index (κ3) is 3.62. The first-order valence-electron chi connectivity index (χ1n) is 3.99. The minimum Gasteiger partial charge on any atom is -0.480 e. The Labute approximate surface area is 112 Å². The van der Waals surface area contributed by atoms with Crippen LogP contribution in [-0.4, -0.2) is 26.9 Å². The minimum atomic E-state index is -4.99. The molecule has 102 valence electrons. The molecule has 0 aliphatic rings. The molecule has 1 aromatic heterocycles. The highest BCUT2D eigenvalue weighted by molar-refractivity contribution is 9.10. The van der Waals surface area contributed by atoms with Gasteiger partial charge in [-0.15, -0.1) is 13.2 Å². The third-order valence-electron chi connectivity index (χ3n) is 1.57. The Bertz CT molecular complexity index is 563. The predicted octanol–water partition coefficient (Wildman–Crippen LogP) is 2.68. The fourth-order valence-electron chi connectivity index (χ4n) is 0.991. The summed E-state index contributed by atoms with van der Waals surface area (Å²) in [6.45, 7) is 0. The zero-order chi connectivity index (χ0) is 14.1. The maximum atomic E-state index is 12.0. The SMILES string of the molecule is COc1ncc(OC(F)(F)F)c(Br)c1S(=O)(=O)Cl. The van der Waals surface area contributed by atoms with Crippen LogP contribution in [0, 0.1) is 0 Å². The molecule has 0 saturated carbocycles. The van der Waals surface area contributed by atoms with Crippen molar-refractivity contribution in [2.24, 2.45) is 0 Å². The fraction of sp³-hybridized carbons (Fsp3) is 0.286. The van der Waals surface area contributed by atoms with Crippen molar-refractivity contribution in [1.82, 2.24) is 4.98 Å². The van der Waals surface area contributed by atoms with Crippen LogP contribution in [0.1, 0.15) is 0 Å². The van der Waals surface area contributed by atoms with E-state index in [1.54, 1.807) is 0 Å². The van der Waals surface area contributed by atoms with Crippen molar-refractivity contribution in [2.75, 3.05) is 7.11 Å². The number of aromatic nitrogens is 1. The summed E-state index contributed by atoms with van der Waals surface area (Å²) in [5.41, 5.74) is 0. The Kier molecular flexibility index (Phi) is 4.34. The van der Waals surface area contributed by atoms with Gasteiger partial charge in [0.15, 0.2) is 10.6 Å². The first kappa shape index (κ1) is 15.3. The zero-order valence-electron chi connectivity index (χ0n) is 8.46. The molecule has 0 radical (unpaired) electrons. The maximum absolute atomic E-state index is 12.0. The summed E-state index contributed by atoms with van der Waals surface area (Å²) in [7, 11) is 1.80. The number of methoxy groups -OCH3 is 1. The Hall–Kier alpha value is -0.740. The van der Waals surface area contributed by atoms with Gasteiger partial charge >= 0.3 is 6.36 Å². The van der Waals surface area contributed by atoms with Crippen molar-refractivity contribution >= 4 is 35.7 Å². The molecular weight excluding hydrogens is 366 g/mol. The fourth-order valence-corrected chi connectivity index (χ4v) is 3.35. The number of nitrogens with zero attached hydrogens (tertiary/aromatic N) is 1. The number of pyridine rings is 1. The molecule has 1 heterocycles. The number of ether oxygens (including phenoxy) is 2. The molecule has 0 fully saturated rings. The Morgan fingerprint density at radius 2 is 2.00 bits per heavy atom. The molecule has 0 aliphatic carbocycles. The lowest BCUT2D eigenvalue weighted by Gasteiger charge is -2.13. The molecule has 0 N–H and O–H groups in total. The lowest BCUT2D eigenvalue weighted by Crippen LogP contribution is -2.18. The average Bonchev–Trinajstić information content (AvgIpc) is 2.16. The van der Waals surface area contributed by atoms with Crippen LogP contribution in [-0.2, 0) is 9.05 Å². The molecule has 0 bridgehead atoms. The Morgan fingerprint density at radius 1 is 1.44 bits per heavy atom. The molecule has 0 spiro atoms. The summed E-state index contributed by atoms with van der Waals surface area (Å²) in [5.74, 6) is -1.30. The molecule has 11 heteroatoms. The normalized spacial score (nSPS) is 12.3. The molecule has 5 nitrogen and oxygen atoms in total. The van der Waals surface area contributed by atoms with Crippen molar-refractivity contribution in [3.05, 3.63) is 10.7 Å². The van der Waals surface area contributed by atoms with Crippen LogP contribution in [0.5, 0.6) is 11.6 Å². The second-order valence-electron chi connectivity index (χ2n) is 2.76. The third-order valence-corrected chi connectivity index (χ3v) is 3.95. The standard InChI is InChI=1S/C7H4BrClF3NO4S/c1-16-6-5(18(9,14)15)4(8)3(2-13-6)17-7(10,11)12/h2H,1H3. The van der Waals surface area contributed by atoms with Crippen LogP contribution in [0.15, 0.2) is 15.6 Å². The summed E-state index contributed by atoms with van der Waals surface area (Å²) < 4.78 is 66.3. The lowest BCUT2D eigenvalue weighted by molar-refractivity contribution is -0.275. The average molecular weight is 371 g/mol. The van der Waals surface area contributed by atoms with E-state index in [2.05, 4.69) is 30.4 Å². The highest BCUT2D eigenvalue weighted by atomic mass is 79.9. The molecule has 0 atom stereocenters. The van der Waals surface area contributed by atoms with E-state index >= 15 is 0 Å². The van der Waals surface area contributed by atoms with Crippen LogP contribution in [0.4, 0.5) is 13.2 Å². The molecule has 1 rings (SSSR count). The molecule has 18 heavy (non-hydrogen) atoms. The van der Waals surface area contributed by atoms with E-state index in [0.29, 0.717) is 6.20 Å². The van der Waals surface area contributed by atoms with Gasteiger partial charge in [0.1, 0.15) is 0 Å². The van der Waals surface area contributed by atoms with E-state index in [0.717, 1.165) is 7.11 Å².